The van der Waals surface area contributed by atoms with Crippen molar-refractivity contribution in [1.29, 1.82) is 0 Å². The van der Waals surface area contributed by atoms with E-state index in [4.69, 9.17) is 0 Å². The third-order valence-electron chi connectivity index (χ3n) is 3.35. The van der Waals surface area contributed by atoms with Gasteiger partial charge in [0.25, 0.3) is 5.91 Å². The summed E-state index contributed by atoms with van der Waals surface area (Å²) in [6.45, 7) is 4.01. The first kappa shape index (κ1) is 12.8. The molecule has 0 aromatic carbocycles. The second-order valence-electron chi connectivity index (χ2n) is 4.88. The summed E-state index contributed by atoms with van der Waals surface area (Å²) in [6.07, 6.45) is 4.62. The summed E-state index contributed by atoms with van der Waals surface area (Å²) in [6, 6.07) is 1.95. The fourth-order valence-corrected chi connectivity index (χ4v) is 4.39. The zero-order chi connectivity index (χ0) is 13.4. The number of fused-ring (bicyclic) bond motifs is 1. The molecule has 2 aromatic heterocycles. The zero-order valence-electron chi connectivity index (χ0n) is 11.1. The van der Waals surface area contributed by atoms with Crippen molar-refractivity contribution < 1.29 is 4.79 Å². The van der Waals surface area contributed by atoms with Crippen LogP contribution in [0.25, 0.3) is 0 Å². The SMILES string of the molecule is Cc1cc(C(=O)Nc2nc3c(s2)CCCC3)c(C)s1. The van der Waals surface area contributed by atoms with Crippen LogP contribution in [0.3, 0.4) is 0 Å². The minimum absolute atomic E-state index is 0.0343. The van der Waals surface area contributed by atoms with E-state index < -0.39 is 0 Å². The Morgan fingerprint density at radius 1 is 1.26 bits per heavy atom. The first-order chi connectivity index (χ1) is 9.13. The number of nitrogens with one attached hydrogen (secondary N) is 1. The van der Waals surface area contributed by atoms with Gasteiger partial charge >= 0.3 is 0 Å². The van der Waals surface area contributed by atoms with E-state index in [-0.39, 0.29) is 5.91 Å². The molecule has 1 amide bonds. The normalized spacial score (nSPS) is 14.2. The summed E-state index contributed by atoms with van der Waals surface area (Å²) in [5.41, 5.74) is 1.96. The number of anilines is 1. The molecule has 2 heterocycles. The molecule has 0 saturated heterocycles. The maximum atomic E-state index is 12.2. The molecule has 0 bridgehead atoms. The molecule has 5 heteroatoms. The van der Waals surface area contributed by atoms with Gasteiger partial charge in [0.2, 0.25) is 0 Å². The van der Waals surface area contributed by atoms with E-state index in [1.807, 2.05) is 19.9 Å². The molecular formula is C14H16N2OS2. The number of amides is 1. The molecule has 100 valence electrons. The molecule has 2 aromatic rings. The van der Waals surface area contributed by atoms with E-state index in [2.05, 4.69) is 10.3 Å². The molecule has 19 heavy (non-hydrogen) atoms. The monoisotopic (exact) mass is 292 g/mol. The average molecular weight is 292 g/mol. The van der Waals surface area contributed by atoms with Crippen molar-refractivity contribution in [2.75, 3.05) is 5.32 Å². The largest absolute Gasteiger partial charge is 0.298 e. The molecule has 0 fully saturated rings. The molecule has 0 spiro atoms. The molecule has 1 aliphatic rings. The fraction of sp³-hybridized carbons (Fsp3) is 0.429. The number of hydrogen-bond donors (Lipinski definition) is 1. The summed E-state index contributed by atoms with van der Waals surface area (Å²) < 4.78 is 0. The van der Waals surface area contributed by atoms with E-state index in [0.717, 1.165) is 28.4 Å². The smallest absolute Gasteiger partial charge is 0.258 e. The van der Waals surface area contributed by atoms with Crippen molar-refractivity contribution in [3.05, 3.63) is 32.0 Å². The van der Waals surface area contributed by atoms with Crippen molar-refractivity contribution in [1.82, 2.24) is 4.98 Å². The highest BCUT2D eigenvalue weighted by Gasteiger charge is 2.18. The number of thiophene rings is 1. The van der Waals surface area contributed by atoms with Crippen molar-refractivity contribution >= 4 is 33.7 Å². The molecular weight excluding hydrogens is 276 g/mol. The van der Waals surface area contributed by atoms with Crippen LogP contribution in [0, 0.1) is 13.8 Å². The van der Waals surface area contributed by atoms with Gasteiger partial charge in [0.05, 0.1) is 11.3 Å². The minimum Gasteiger partial charge on any atom is -0.298 e. The molecule has 0 aliphatic heterocycles. The number of aryl methyl sites for hydroxylation is 4. The van der Waals surface area contributed by atoms with E-state index in [1.54, 1.807) is 22.7 Å². The molecule has 0 saturated carbocycles. The molecule has 1 aliphatic carbocycles. The van der Waals surface area contributed by atoms with Crippen LogP contribution in [0.4, 0.5) is 5.13 Å². The van der Waals surface area contributed by atoms with Crippen molar-refractivity contribution in [3.8, 4) is 0 Å². The summed E-state index contributed by atoms with van der Waals surface area (Å²) in [4.78, 5) is 20.3. The highest BCUT2D eigenvalue weighted by Crippen LogP contribution is 2.30. The number of thiazole rings is 1. The van der Waals surface area contributed by atoms with Crippen LogP contribution < -0.4 is 5.32 Å². The Kier molecular flexibility index (Phi) is 3.41. The Morgan fingerprint density at radius 2 is 2.05 bits per heavy atom. The van der Waals surface area contributed by atoms with Gasteiger partial charge < -0.3 is 0 Å². The van der Waals surface area contributed by atoms with Gasteiger partial charge in [0.15, 0.2) is 5.13 Å². The number of carbonyl (C=O) groups is 1. The predicted octanol–water partition coefficient (Wildman–Crippen LogP) is 3.95. The molecule has 0 radical (unpaired) electrons. The van der Waals surface area contributed by atoms with E-state index in [9.17, 15) is 4.79 Å². The third kappa shape index (κ3) is 2.58. The molecule has 3 rings (SSSR count). The van der Waals surface area contributed by atoms with Crippen LogP contribution >= 0.6 is 22.7 Å². The molecule has 0 atom stereocenters. The zero-order valence-corrected chi connectivity index (χ0v) is 12.7. The van der Waals surface area contributed by atoms with Gasteiger partial charge in [-0.2, -0.15) is 0 Å². The number of hydrogen-bond acceptors (Lipinski definition) is 4. The topological polar surface area (TPSA) is 42.0 Å². The Labute approximate surface area is 120 Å². The molecule has 3 nitrogen and oxygen atoms in total. The first-order valence-corrected chi connectivity index (χ1v) is 8.14. The maximum absolute atomic E-state index is 12.2. The number of nitrogens with zero attached hydrogens (tertiary/aromatic N) is 1. The molecule has 1 N–H and O–H groups in total. The van der Waals surface area contributed by atoms with Gasteiger partial charge in [0.1, 0.15) is 0 Å². The van der Waals surface area contributed by atoms with Gasteiger partial charge in [-0.25, -0.2) is 4.98 Å². The lowest BCUT2D eigenvalue weighted by molar-refractivity contribution is 0.102. The van der Waals surface area contributed by atoms with Gasteiger partial charge in [-0.3, -0.25) is 10.1 Å². The molecule has 0 unspecified atom stereocenters. The van der Waals surface area contributed by atoms with E-state index in [1.165, 1.54) is 28.3 Å². The Hall–Kier alpha value is -1.20. The van der Waals surface area contributed by atoms with Crippen molar-refractivity contribution in [3.63, 3.8) is 0 Å². The highest BCUT2D eigenvalue weighted by atomic mass is 32.1. The Morgan fingerprint density at radius 3 is 2.74 bits per heavy atom. The third-order valence-corrected chi connectivity index (χ3v) is 5.39. The lowest BCUT2D eigenvalue weighted by Gasteiger charge is -2.06. The van der Waals surface area contributed by atoms with Gasteiger partial charge in [-0.1, -0.05) is 0 Å². The van der Waals surface area contributed by atoms with Crippen LogP contribution in [-0.2, 0) is 12.8 Å². The second-order valence-corrected chi connectivity index (χ2v) is 7.42. The summed E-state index contributed by atoms with van der Waals surface area (Å²) >= 11 is 3.29. The second kappa shape index (κ2) is 5.06. The lowest BCUT2D eigenvalue weighted by atomic mass is 10.0. The van der Waals surface area contributed by atoms with Crippen LogP contribution in [0.5, 0.6) is 0 Å². The van der Waals surface area contributed by atoms with Crippen LogP contribution in [-0.4, -0.2) is 10.9 Å². The predicted molar refractivity (Wildman–Crippen MR) is 80.5 cm³/mol. The minimum atomic E-state index is -0.0343. The lowest BCUT2D eigenvalue weighted by Crippen LogP contribution is -2.11. The Balaban J connectivity index is 1.79. The highest BCUT2D eigenvalue weighted by molar-refractivity contribution is 7.16. The van der Waals surface area contributed by atoms with Crippen molar-refractivity contribution in [2.45, 2.75) is 39.5 Å². The van der Waals surface area contributed by atoms with Gasteiger partial charge in [0, 0.05) is 14.6 Å². The number of carbonyl (C=O) groups excluding carboxylic acids is 1. The standard InChI is InChI=1S/C14H16N2OS2/c1-8-7-10(9(2)18-8)13(17)16-14-15-11-5-3-4-6-12(11)19-14/h7H,3-6H2,1-2H3,(H,15,16,17). The summed E-state index contributed by atoms with van der Waals surface area (Å²) in [7, 11) is 0. The Bertz CT molecular complexity index is 604. The van der Waals surface area contributed by atoms with Crippen LogP contribution in [0.1, 0.15) is 43.5 Å². The van der Waals surface area contributed by atoms with Gasteiger partial charge in [-0.15, -0.1) is 22.7 Å². The van der Waals surface area contributed by atoms with Crippen molar-refractivity contribution in [2.24, 2.45) is 0 Å². The van der Waals surface area contributed by atoms with E-state index >= 15 is 0 Å². The van der Waals surface area contributed by atoms with Crippen LogP contribution in [0.15, 0.2) is 6.07 Å². The first-order valence-electron chi connectivity index (χ1n) is 6.50. The maximum Gasteiger partial charge on any atom is 0.258 e. The summed E-state index contributed by atoms with van der Waals surface area (Å²) in [5, 5.41) is 3.69. The number of aromatic nitrogens is 1. The van der Waals surface area contributed by atoms with E-state index in [0.29, 0.717) is 0 Å². The quantitative estimate of drug-likeness (QED) is 0.910. The van der Waals surface area contributed by atoms with Gasteiger partial charge in [-0.05, 0) is 45.6 Å². The van der Waals surface area contributed by atoms with Crippen LogP contribution in [0.2, 0.25) is 0 Å². The summed E-state index contributed by atoms with van der Waals surface area (Å²) in [5.74, 6) is -0.0343. The average Bonchev–Trinajstić information content (AvgIpc) is 2.91. The fourth-order valence-electron chi connectivity index (χ4n) is 2.43. The number of rotatable bonds is 2.